The van der Waals surface area contributed by atoms with Gasteiger partial charge in [0.05, 0.1) is 0 Å². The van der Waals surface area contributed by atoms with E-state index in [0.29, 0.717) is 5.92 Å². The molecule has 0 aliphatic heterocycles. The van der Waals surface area contributed by atoms with E-state index < -0.39 is 0 Å². The van der Waals surface area contributed by atoms with Crippen LogP contribution in [-0.4, -0.2) is 6.29 Å². The van der Waals surface area contributed by atoms with Gasteiger partial charge in [-0.05, 0) is 42.7 Å². The third-order valence-corrected chi connectivity index (χ3v) is 4.28. The van der Waals surface area contributed by atoms with Crippen LogP contribution in [0.2, 0.25) is 0 Å². The van der Waals surface area contributed by atoms with Gasteiger partial charge in [0.1, 0.15) is 6.29 Å². The molecule has 0 radical (unpaired) electrons. The van der Waals surface area contributed by atoms with Crippen LogP contribution in [0.5, 0.6) is 0 Å². The molecule has 1 aromatic rings. The Morgan fingerprint density at radius 3 is 2.71 bits per heavy atom. The van der Waals surface area contributed by atoms with E-state index in [1.165, 1.54) is 37.7 Å². The van der Waals surface area contributed by atoms with E-state index in [1.54, 1.807) is 0 Å². The molecule has 1 fully saturated rings. The lowest BCUT2D eigenvalue weighted by Gasteiger charge is -2.31. The number of aldehydes is 1. The summed E-state index contributed by atoms with van der Waals surface area (Å²) in [6, 6.07) is 6.37. The van der Waals surface area contributed by atoms with Crippen molar-refractivity contribution < 1.29 is 4.79 Å². The molecule has 92 valence electrons. The van der Waals surface area contributed by atoms with Crippen molar-refractivity contribution in [3.63, 3.8) is 0 Å². The molecule has 2 unspecified atom stereocenters. The molecule has 0 saturated heterocycles. The maximum absolute atomic E-state index is 10.8. The second kappa shape index (κ2) is 5.48. The second-order valence-corrected chi connectivity index (χ2v) is 5.29. The lowest BCUT2D eigenvalue weighted by atomic mass is 9.74. The fourth-order valence-electron chi connectivity index (χ4n) is 3.20. The van der Waals surface area contributed by atoms with Gasteiger partial charge in [0.15, 0.2) is 0 Å². The van der Waals surface area contributed by atoms with Gasteiger partial charge in [-0.2, -0.15) is 0 Å². The molecule has 1 heteroatoms. The van der Waals surface area contributed by atoms with Crippen molar-refractivity contribution in [2.75, 3.05) is 0 Å². The van der Waals surface area contributed by atoms with Crippen LogP contribution in [0.15, 0.2) is 18.2 Å². The summed E-state index contributed by atoms with van der Waals surface area (Å²) in [5, 5.41) is 0. The molecule has 2 rings (SSSR count). The lowest BCUT2D eigenvalue weighted by molar-refractivity contribution is 0.112. The van der Waals surface area contributed by atoms with Gasteiger partial charge in [0.25, 0.3) is 0 Å². The van der Waals surface area contributed by atoms with E-state index in [2.05, 4.69) is 19.1 Å². The molecule has 0 N–H and O–H groups in total. The van der Waals surface area contributed by atoms with Crippen LogP contribution >= 0.6 is 0 Å². The molecule has 0 bridgehead atoms. The van der Waals surface area contributed by atoms with Gasteiger partial charge in [0, 0.05) is 5.56 Å². The fraction of sp³-hybridized carbons (Fsp3) is 0.562. The first-order valence-corrected chi connectivity index (χ1v) is 6.82. The second-order valence-electron chi connectivity index (χ2n) is 5.29. The highest BCUT2D eigenvalue weighted by Gasteiger charge is 2.25. The average Bonchev–Trinajstić information content (AvgIpc) is 2.38. The molecule has 0 spiro atoms. The molecule has 1 aromatic carbocycles. The van der Waals surface area contributed by atoms with Crippen molar-refractivity contribution in [3.05, 3.63) is 34.9 Å². The molecule has 2 atom stereocenters. The number of carbonyl (C=O) groups excluding carboxylic acids is 1. The van der Waals surface area contributed by atoms with Crippen molar-refractivity contribution in [1.82, 2.24) is 0 Å². The van der Waals surface area contributed by atoms with Gasteiger partial charge < -0.3 is 0 Å². The van der Waals surface area contributed by atoms with Crippen molar-refractivity contribution in [2.45, 2.75) is 51.9 Å². The van der Waals surface area contributed by atoms with Crippen LogP contribution in [0, 0.1) is 12.8 Å². The predicted molar refractivity (Wildman–Crippen MR) is 71.6 cm³/mol. The Balaban J connectivity index is 2.25. The zero-order valence-electron chi connectivity index (χ0n) is 10.9. The Kier molecular flexibility index (Phi) is 3.98. The van der Waals surface area contributed by atoms with Gasteiger partial charge in [-0.3, -0.25) is 4.79 Å². The van der Waals surface area contributed by atoms with Gasteiger partial charge in [0.2, 0.25) is 0 Å². The minimum atomic E-state index is 0.716. The maximum Gasteiger partial charge on any atom is 0.150 e. The summed E-state index contributed by atoms with van der Waals surface area (Å²) >= 11 is 0. The highest BCUT2D eigenvalue weighted by Crippen LogP contribution is 2.39. The standard InChI is InChI=1S/C16H22O/c1-3-13-6-4-5-7-16(13)14-8-9-15(11-17)12(2)10-14/h8-11,13,16H,3-7H2,1-2H3. The van der Waals surface area contributed by atoms with Gasteiger partial charge in [-0.15, -0.1) is 0 Å². The predicted octanol–water partition coefficient (Wildman–Crippen LogP) is 4.49. The molecule has 1 nitrogen and oxygen atoms in total. The normalized spacial score (nSPS) is 24.6. The molecule has 0 amide bonds. The van der Waals surface area contributed by atoms with Gasteiger partial charge >= 0.3 is 0 Å². The zero-order valence-corrected chi connectivity index (χ0v) is 10.9. The Labute approximate surface area is 104 Å². The number of carbonyl (C=O) groups is 1. The molecule has 1 saturated carbocycles. The number of rotatable bonds is 3. The summed E-state index contributed by atoms with van der Waals surface area (Å²) in [5.74, 6) is 1.55. The van der Waals surface area contributed by atoms with Crippen molar-refractivity contribution >= 4 is 6.29 Å². The van der Waals surface area contributed by atoms with Crippen molar-refractivity contribution in [2.24, 2.45) is 5.92 Å². The third kappa shape index (κ3) is 2.59. The maximum atomic E-state index is 10.8. The van der Waals surface area contributed by atoms with Crippen LogP contribution in [0.1, 0.15) is 66.4 Å². The highest BCUT2D eigenvalue weighted by atomic mass is 16.1. The summed E-state index contributed by atoms with van der Waals surface area (Å²) in [5.41, 5.74) is 3.40. The molecule has 0 heterocycles. The minimum absolute atomic E-state index is 0.716. The first-order chi connectivity index (χ1) is 8.26. The van der Waals surface area contributed by atoms with Crippen molar-refractivity contribution in [1.29, 1.82) is 0 Å². The lowest BCUT2D eigenvalue weighted by Crippen LogP contribution is -2.17. The molecular formula is C16H22O. The van der Waals surface area contributed by atoms with Crippen LogP contribution in [0.3, 0.4) is 0 Å². The minimum Gasteiger partial charge on any atom is -0.298 e. The molecule has 0 aromatic heterocycles. The number of benzene rings is 1. The Bertz CT molecular complexity index is 395. The number of aryl methyl sites for hydroxylation is 1. The summed E-state index contributed by atoms with van der Waals surface area (Å²) in [4.78, 5) is 10.8. The quantitative estimate of drug-likeness (QED) is 0.699. The third-order valence-electron chi connectivity index (χ3n) is 4.28. The summed E-state index contributed by atoms with van der Waals surface area (Å²) in [6.07, 6.45) is 7.67. The van der Waals surface area contributed by atoms with Crippen LogP contribution < -0.4 is 0 Å². The van der Waals surface area contributed by atoms with E-state index >= 15 is 0 Å². The Morgan fingerprint density at radius 2 is 2.06 bits per heavy atom. The van der Waals surface area contributed by atoms with Crippen LogP contribution in [0.4, 0.5) is 0 Å². The number of hydrogen-bond donors (Lipinski definition) is 0. The van der Waals surface area contributed by atoms with Crippen molar-refractivity contribution in [3.8, 4) is 0 Å². The smallest absolute Gasteiger partial charge is 0.150 e. The van der Waals surface area contributed by atoms with Crippen LogP contribution in [-0.2, 0) is 0 Å². The van der Waals surface area contributed by atoms with E-state index in [0.717, 1.165) is 23.3 Å². The monoisotopic (exact) mass is 230 g/mol. The van der Waals surface area contributed by atoms with Gasteiger partial charge in [-0.1, -0.05) is 44.4 Å². The van der Waals surface area contributed by atoms with E-state index in [-0.39, 0.29) is 0 Å². The average molecular weight is 230 g/mol. The SMILES string of the molecule is CCC1CCCCC1c1ccc(C=O)c(C)c1. The summed E-state index contributed by atoms with van der Waals surface area (Å²) in [6.45, 7) is 4.34. The highest BCUT2D eigenvalue weighted by molar-refractivity contribution is 5.77. The number of hydrogen-bond acceptors (Lipinski definition) is 1. The summed E-state index contributed by atoms with van der Waals surface area (Å²) < 4.78 is 0. The molecule has 1 aliphatic carbocycles. The zero-order chi connectivity index (χ0) is 12.3. The summed E-state index contributed by atoms with van der Waals surface area (Å²) in [7, 11) is 0. The Hall–Kier alpha value is -1.11. The van der Waals surface area contributed by atoms with E-state index in [4.69, 9.17) is 0 Å². The molecular weight excluding hydrogens is 208 g/mol. The fourth-order valence-corrected chi connectivity index (χ4v) is 3.20. The van der Waals surface area contributed by atoms with Crippen LogP contribution in [0.25, 0.3) is 0 Å². The Morgan fingerprint density at radius 1 is 1.29 bits per heavy atom. The molecule has 1 aliphatic rings. The largest absolute Gasteiger partial charge is 0.298 e. The topological polar surface area (TPSA) is 17.1 Å². The molecule has 17 heavy (non-hydrogen) atoms. The first kappa shape index (κ1) is 12.3. The van der Waals surface area contributed by atoms with E-state index in [1.807, 2.05) is 13.0 Å². The first-order valence-electron chi connectivity index (χ1n) is 6.82. The van der Waals surface area contributed by atoms with E-state index in [9.17, 15) is 4.79 Å². The van der Waals surface area contributed by atoms with Gasteiger partial charge in [-0.25, -0.2) is 0 Å².